The number of hydrogen-bond donors (Lipinski definition) is 3. The molecule has 0 spiro atoms. The van der Waals surface area contributed by atoms with Crippen LogP contribution < -0.4 is 11.2 Å². The number of carboxylic acid groups (broad SMARTS) is 1. The number of H-pyrrole nitrogens is 2. The van der Waals surface area contributed by atoms with Crippen LogP contribution in [0.25, 0.3) is 10.9 Å². The third-order valence-corrected chi connectivity index (χ3v) is 4.26. The average Bonchev–Trinajstić information content (AvgIpc) is 3.02. The maximum absolute atomic E-state index is 12.3. The summed E-state index contributed by atoms with van der Waals surface area (Å²) in [5, 5.41) is 10.0. The molecule has 0 atom stereocenters. The third-order valence-electron chi connectivity index (χ3n) is 4.26. The molecule has 3 N–H and O–H groups in total. The zero-order valence-corrected chi connectivity index (χ0v) is 16.2. The summed E-state index contributed by atoms with van der Waals surface area (Å²) in [4.78, 5) is 51.1. The largest absolute Gasteiger partial charge is 0.477 e. The van der Waals surface area contributed by atoms with Crippen molar-refractivity contribution < 1.29 is 19.4 Å². The van der Waals surface area contributed by atoms with Crippen LogP contribution in [0, 0.1) is 0 Å². The molecule has 2 aromatic heterocycles. The van der Waals surface area contributed by atoms with Gasteiger partial charge in [-0.2, -0.15) is 0 Å². The molecule has 152 valence electrons. The topological polar surface area (TPSA) is 134 Å². The first-order valence-electron chi connectivity index (χ1n) is 8.97. The molecular weight excluding hydrogens is 378 g/mol. The van der Waals surface area contributed by atoms with Crippen LogP contribution in [0.5, 0.6) is 0 Å². The second-order valence-corrected chi connectivity index (χ2v) is 7.63. The van der Waals surface area contributed by atoms with E-state index in [2.05, 4.69) is 4.98 Å². The van der Waals surface area contributed by atoms with E-state index < -0.39 is 34.6 Å². The van der Waals surface area contributed by atoms with E-state index in [4.69, 9.17) is 4.74 Å². The van der Waals surface area contributed by atoms with E-state index >= 15 is 0 Å². The standard InChI is InChI=1S/C20H21N3O6/c1-20(2,3)29-19(28)23-9-8-12-10-11(5-7-14(12)23)4-6-13-15(17(25)26)21-18(27)22-16(13)24/h5,7-10H,4,6H2,1-3H3,(H,25,26)(H2,21,22,24,27). The second kappa shape index (κ2) is 7.42. The Morgan fingerprint density at radius 3 is 2.48 bits per heavy atom. The van der Waals surface area contributed by atoms with Crippen LogP contribution in [0.1, 0.15) is 42.4 Å². The average molecular weight is 399 g/mol. The molecule has 0 radical (unpaired) electrons. The molecular formula is C20H21N3O6. The number of aromatic nitrogens is 3. The van der Waals surface area contributed by atoms with Crippen LogP contribution in [-0.4, -0.2) is 37.3 Å². The second-order valence-electron chi connectivity index (χ2n) is 7.63. The minimum Gasteiger partial charge on any atom is -0.477 e. The molecule has 0 unspecified atom stereocenters. The van der Waals surface area contributed by atoms with Gasteiger partial charge in [-0.3, -0.25) is 14.3 Å². The molecule has 29 heavy (non-hydrogen) atoms. The first kappa shape index (κ1) is 20.1. The molecule has 0 aliphatic rings. The Hall–Kier alpha value is -3.62. The summed E-state index contributed by atoms with van der Waals surface area (Å²) in [7, 11) is 0. The highest BCUT2D eigenvalue weighted by molar-refractivity contribution is 5.90. The summed E-state index contributed by atoms with van der Waals surface area (Å²) in [5.41, 5.74) is -1.07. The number of rotatable bonds is 4. The van der Waals surface area contributed by atoms with Gasteiger partial charge >= 0.3 is 17.8 Å². The maximum atomic E-state index is 12.3. The Bertz CT molecular complexity index is 1210. The summed E-state index contributed by atoms with van der Waals surface area (Å²) in [5.74, 6) is -1.37. The zero-order valence-electron chi connectivity index (χ0n) is 16.2. The molecule has 9 nitrogen and oxygen atoms in total. The van der Waals surface area contributed by atoms with Crippen molar-refractivity contribution in [3.63, 3.8) is 0 Å². The van der Waals surface area contributed by atoms with Gasteiger partial charge in [0, 0.05) is 17.1 Å². The molecule has 9 heteroatoms. The summed E-state index contributed by atoms with van der Waals surface area (Å²) in [6.07, 6.45) is 1.65. The number of nitrogens with one attached hydrogen (secondary N) is 2. The number of carbonyl (C=O) groups is 2. The Balaban J connectivity index is 1.85. The molecule has 0 saturated heterocycles. The molecule has 0 bridgehead atoms. The molecule has 1 aromatic carbocycles. The Morgan fingerprint density at radius 1 is 1.10 bits per heavy atom. The predicted molar refractivity (Wildman–Crippen MR) is 106 cm³/mol. The summed E-state index contributed by atoms with van der Waals surface area (Å²) >= 11 is 0. The fraction of sp³-hybridized carbons (Fsp3) is 0.300. The lowest BCUT2D eigenvalue weighted by Gasteiger charge is -2.19. The molecule has 2 heterocycles. The number of carbonyl (C=O) groups excluding carboxylic acids is 1. The molecule has 3 rings (SSSR count). The minimum absolute atomic E-state index is 0.00326. The Labute approximate surface area is 165 Å². The normalized spacial score (nSPS) is 11.6. The van der Waals surface area contributed by atoms with Crippen molar-refractivity contribution in [1.82, 2.24) is 14.5 Å². The summed E-state index contributed by atoms with van der Waals surface area (Å²) in [6.45, 7) is 5.37. The quantitative estimate of drug-likeness (QED) is 0.616. The van der Waals surface area contributed by atoms with Crippen molar-refractivity contribution in [2.24, 2.45) is 0 Å². The van der Waals surface area contributed by atoms with Gasteiger partial charge in [0.05, 0.1) is 5.52 Å². The van der Waals surface area contributed by atoms with Gasteiger partial charge in [-0.15, -0.1) is 0 Å². The number of aromatic carboxylic acids is 1. The predicted octanol–water partition coefficient (Wildman–Crippen LogP) is 2.28. The van der Waals surface area contributed by atoms with Crippen molar-refractivity contribution in [1.29, 1.82) is 0 Å². The minimum atomic E-state index is -1.37. The first-order chi connectivity index (χ1) is 13.5. The fourth-order valence-corrected chi connectivity index (χ4v) is 3.02. The van der Waals surface area contributed by atoms with Crippen molar-refractivity contribution in [2.75, 3.05) is 0 Å². The van der Waals surface area contributed by atoms with Gasteiger partial charge in [0.2, 0.25) is 0 Å². The number of aryl methyl sites for hydroxylation is 1. The number of carboxylic acids is 1. The highest BCUT2D eigenvalue weighted by Crippen LogP contribution is 2.20. The zero-order chi connectivity index (χ0) is 21.3. The third kappa shape index (κ3) is 4.45. The molecule has 0 aliphatic carbocycles. The van der Waals surface area contributed by atoms with Crippen molar-refractivity contribution in [3.8, 4) is 0 Å². The first-order valence-corrected chi connectivity index (χ1v) is 8.97. The SMILES string of the molecule is CC(C)(C)OC(=O)n1ccc2cc(CCc3c(C(=O)O)[nH]c(=O)[nH]c3=O)ccc21. The van der Waals surface area contributed by atoms with Gasteiger partial charge in [-0.05, 0) is 57.4 Å². The van der Waals surface area contributed by atoms with E-state index in [1.54, 1.807) is 45.2 Å². The van der Waals surface area contributed by atoms with E-state index in [0.29, 0.717) is 11.9 Å². The van der Waals surface area contributed by atoms with Crippen molar-refractivity contribution >= 4 is 23.0 Å². The number of benzene rings is 1. The Morgan fingerprint density at radius 2 is 1.83 bits per heavy atom. The molecule has 0 saturated carbocycles. The highest BCUT2D eigenvalue weighted by Gasteiger charge is 2.19. The summed E-state index contributed by atoms with van der Waals surface area (Å²) in [6, 6.07) is 7.20. The van der Waals surface area contributed by atoms with Gasteiger partial charge in [-0.25, -0.2) is 14.4 Å². The van der Waals surface area contributed by atoms with E-state index in [1.807, 2.05) is 11.1 Å². The van der Waals surface area contributed by atoms with Gasteiger partial charge < -0.3 is 14.8 Å². The number of ether oxygens (including phenoxy) is 1. The number of hydrogen-bond acceptors (Lipinski definition) is 5. The molecule has 3 aromatic rings. The smallest absolute Gasteiger partial charge is 0.418 e. The van der Waals surface area contributed by atoms with Gasteiger partial charge in [0.1, 0.15) is 11.3 Å². The van der Waals surface area contributed by atoms with Crippen LogP contribution in [0.15, 0.2) is 40.1 Å². The van der Waals surface area contributed by atoms with Crippen LogP contribution in [0.4, 0.5) is 4.79 Å². The van der Waals surface area contributed by atoms with Crippen molar-refractivity contribution in [3.05, 3.63) is 68.1 Å². The van der Waals surface area contributed by atoms with Gasteiger partial charge in [-0.1, -0.05) is 6.07 Å². The fourth-order valence-electron chi connectivity index (χ4n) is 3.02. The monoisotopic (exact) mass is 399 g/mol. The summed E-state index contributed by atoms with van der Waals surface area (Å²) < 4.78 is 6.80. The lowest BCUT2D eigenvalue weighted by Crippen LogP contribution is -2.30. The van der Waals surface area contributed by atoms with Gasteiger partial charge in [0.15, 0.2) is 0 Å². The van der Waals surface area contributed by atoms with E-state index in [-0.39, 0.29) is 12.0 Å². The Kier molecular flexibility index (Phi) is 5.15. The molecule has 0 aliphatic heterocycles. The van der Waals surface area contributed by atoms with Crippen LogP contribution in [0.3, 0.4) is 0 Å². The van der Waals surface area contributed by atoms with Crippen LogP contribution in [0.2, 0.25) is 0 Å². The van der Waals surface area contributed by atoms with E-state index in [0.717, 1.165) is 10.9 Å². The molecule has 0 amide bonds. The lowest BCUT2D eigenvalue weighted by atomic mass is 10.0. The van der Waals surface area contributed by atoms with Crippen LogP contribution >= 0.6 is 0 Å². The number of nitrogens with zero attached hydrogens (tertiary/aromatic N) is 1. The van der Waals surface area contributed by atoms with Gasteiger partial charge in [0.25, 0.3) is 5.56 Å². The molecule has 0 fully saturated rings. The van der Waals surface area contributed by atoms with E-state index in [1.165, 1.54) is 4.57 Å². The number of aromatic amines is 2. The number of fused-ring (bicyclic) bond motifs is 1. The highest BCUT2D eigenvalue weighted by atomic mass is 16.6. The van der Waals surface area contributed by atoms with Crippen molar-refractivity contribution in [2.45, 2.75) is 39.2 Å². The lowest BCUT2D eigenvalue weighted by molar-refractivity contribution is 0.0543. The van der Waals surface area contributed by atoms with Crippen LogP contribution in [-0.2, 0) is 17.6 Å². The van der Waals surface area contributed by atoms with E-state index in [9.17, 15) is 24.3 Å². The maximum Gasteiger partial charge on any atom is 0.418 e.